The summed E-state index contributed by atoms with van der Waals surface area (Å²) in [5.74, 6) is 0. The molecule has 0 N–H and O–H groups in total. The Labute approximate surface area is 327 Å². The molecule has 0 spiro atoms. The number of hydrogen-bond acceptors (Lipinski definition) is 6. The van der Waals surface area contributed by atoms with Crippen molar-refractivity contribution in [3.63, 3.8) is 0 Å². The largest absolute Gasteiger partial charge is 0.456 e. The third-order valence-electron chi connectivity index (χ3n) is 10.7. The molecule has 0 atom stereocenters. The van der Waals surface area contributed by atoms with Crippen molar-refractivity contribution in [2.45, 2.75) is 0 Å². The minimum Gasteiger partial charge on any atom is -0.456 e. The number of aromatic nitrogens is 1. The SMILES string of the molecule is c1ccc(-c2nc3c(ccc4oc5ccc(-c6ccc(N(c7ccc8c(c7)sc7ccccc78)c7ccc8c(c7)sc7ccccc78)cc6)cc5c43)s2)cc1. The van der Waals surface area contributed by atoms with Crippen molar-refractivity contribution in [1.29, 1.82) is 0 Å². The highest BCUT2D eigenvalue weighted by Crippen LogP contribution is 2.44. The predicted octanol–water partition coefficient (Wildman–Crippen LogP) is 15.7. The standard InChI is InChI=1S/C49H28N2OS3/c1-2-8-30(9-3-1)49-50-48-44(55-49)25-24-41-47(48)39-26-31(16-23-40(39)52-41)29-14-17-32(18-15-29)51(33-19-21-37-35-10-4-6-12-42(35)53-45(37)27-33)34-20-22-38-36-11-5-7-13-43(36)54-46(38)28-34/h1-28H. The van der Waals surface area contributed by atoms with Gasteiger partial charge in [-0.2, -0.15) is 0 Å². The molecule has 0 saturated carbocycles. The van der Waals surface area contributed by atoms with Crippen LogP contribution in [0.5, 0.6) is 0 Å². The third kappa shape index (κ3) is 4.96. The summed E-state index contributed by atoms with van der Waals surface area (Å²) < 4.78 is 12.7. The number of anilines is 3. The number of hydrogen-bond donors (Lipinski definition) is 0. The molecule has 0 aliphatic carbocycles. The van der Waals surface area contributed by atoms with E-state index in [-0.39, 0.29) is 0 Å². The first-order valence-electron chi connectivity index (χ1n) is 18.3. The van der Waals surface area contributed by atoms with E-state index >= 15 is 0 Å². The highest BCUT2D eigenvalue weighted by atomic mass is 32.1. The van der Waals surface area contributed by atoms with Gasteiger partial charge >= 0.3 is 0 Å². The molecule has 258 valence electrons. The van der Waals surface area contributed by atoms with Crippen LogP contribution in [-0.2, 0) is 0 Å². The van der Waals surface area contributed by atoms with E-state index in [9.17, 15) is 0 Å². The normalized spacial score (nSPS) is 12.0. The van der Waals surface area contributed by atoms with E-state index < -0.39 is 0 Å². The summed E-state index contributed by atoms with van der Waals surface area (Å²) in [7, 11) is 0. The van der Waals surface area contributed by atoms with Crippen LogP contribution in [0.4, 0.5) is 17.1 Å². The van der Waals surface area contributed by atoms with Gasteiger partial charge in [-0.15, -0.1) is 34.0 Å². The second-order valence-electron chi connectivity index (χ2n) is 13.9. The predicted molar refractivity (Wildman–Crippen MR) is 238 cm³/mol. The van der Waals surface area contributed by atoms with E-state index in [0.29, 0.717) is 0 Å². The molecular weight excluding hydrogens is 729 g/mol. The van der Waals surface area contributed by atoms with Crippen molar-refractivity contribution in [3.8, 4) is 21.7 Å². The molecule has 12 rings (SSSR count). The first kappa shape index (κ1) is 31.1. The van der Waals surface area contributed by atoms with Gasteiger partial charge in [0, 0.05) is 68.4 Å². The first-order chi connectivity index (χ1) is 27.2. The maximum atomic E-state index is 6.37. The van der Waals surface area contributed by atoms with Crippen LogP contribution in [0.1, 0.15) is 0 Å². The molecule has 0 saturated heterocycles. The molecule has 12 aromatic rings. The Hall–Kier alpha value is -6.31. The molecule has 0 aliphatic rings. The Bertz CT molecular complexity index is 3330. The van der Waals surface area contributed by atoms with Crippen LogP contribution in [0.2, 0.25) is 0 Å². The van der Waals surface area contributed by atoms with E-state index in [1.54, 1.807) is 11.3 Å². The number of thiophene rings is 2. The minimum atomic E-state index is 0.863. The average molecular weight is 757 g/mol. The Balaban J connectivity index is 0.979. The number of rotatable bonds is 5. The second kappa shape index (κ2) is 12.1. The van der Waals surface area contributed by atoms with Crippen LogP contribution >= 0.6 is 34.0 Å². The Kier molecular flexibility index (Phi) is 6.84. The first-order valence-corrected chi connectivity index (χ1v) is 20.7. The highest BCUT2D eigenvalue weighted by molar-refractivity contribution is 7.26. The zero-order valence-electron chi connectivity index (χ0n) is 29.2. The topological polar surface area (TPSA) is 29.3 Å². The lowest BCUT2D eigenvalue weighted by atomic mass is 10.0. The molecular formula is C49H28N2OS3. The third-order valence-corrected chi connectivity index (χ3v) is 14.0. The fraction of sp³-hybridized carbons (Fsp3) is 0. The molecule has 0 amide bonds. The Morgan fingerprint density at radius 2 is 0.964 bits per heavy atom. The van der Waals surface area contributed by atoms with Gasteiger partial charge in [0.05, 0.1) is 15.6 Å². The van der Waals surface area contributed by atoms with E-state index in [0.717, 1.165) is 70.9 Å². The van der Waals surface area contributed by atoms with Gasteiger partial charge in [-0.05, 0) is 83.9 Å². The summed E-state index contributed by atoms with van der Waals surface area (Å²) in [6.45, 7) is 0. The number of furan rings is 1. The van der Waals surface area contributed by atoms with Crippen LogP contribution in [0.15, 0.2) is 174 Å². The minimum absolute atomic E-state index is 0.863. The molecule has 6 heteroatoms. The maximum absolute atomic E-state index is 6.37. The fourth-order valence-electron chi connectivity index (χ4n) is 8.09. The van der Waals surface area contributed by atoms with E-state index in [4.69, 9.17) is 9.40 Å². The monoisotopic (exact) mass is 756 g/mol. The van der Waals surface area contributed by atoms with Crippen LogP contribution in [0, 0.1) is 0 Å². The number of benzene rings is 8. The van der Waals surface area contributed by atoms with Gasteiger partial charge < -0.3 is 9.32 Å². The highest BCUT2D eigenvalue weighted by Gasteiger charge is 2.19. The van der Waals surface area contributed by atoms with Crippen molar-refractivity contribution < 1.29 is 4.42 Å². The van der Waals surface area contributed by atoms with Crippen LogP contribution in [-0.4, -0.2) is 4.98 Å². The Morgan fingerprint density at radius 1 is 0.382 bits per heavy atom. The van der Waals surface area contributed by atoms with Gasteiger partial charge in [-0.25, -0.2) is 4.98 Å². The van der Waals surface area contributed by atoms with Gasteiger partial charge in [0.1, 0.15) is 16.2 Å². The molecule has 4 aromatic heterocycles. The summed E-state index contributed by atoms with van der Waals surface area (Å²) in [6, 6.07) is 61.4. The lowest BCUT2D eigenvalue weighted by Gasteiger charge is -2.26. The summed E-state index contributed by atoms with van der Waals surface area (Å²) in [5.41, 5.74) is 9.54. The molecule has 4 heterocycles. The lowest BCUT2D eigenvalue weighted by molar-refractivity contribution is 0.669. The number of thiazole rings is 1. The lowest BCUT2D eigenvalue weighted by Crippen LogP contribution is -2.09. The van der Waals surface area contributed by atoms with E-state index in [1.807, 2.05) is 28.7 Å². The summed E-state index contributed by atoms with van der Waals surface area (Å²) >= 11 is 5.44. The van der Waals surface area contributed by atoms with E-state index in [2.05, 4.69) is 169 Å². The summed E-state index contributed by atoms with van der Waals surface area (Å²) in [6.07, 6.45) is 0. The molecule has 0 fully saturated rings. The summed E-state index contributed by atoms with van der Waals surface area (Å²) in [4.78, 5) is 7.54. The average Bonchev–Trinajstić information content (AvgIpc) is 4.02. The van der Waals surface area contributed by atoms with Crippen LogP contribution in [0.25, 0.3) is 94.2 Å². The molecule has 0 unspecified atom stereocenters. The number of nitrogens with zero attached hydrogens (tertiary/aromatic N) is 2. The molecule has 0 bridgehead atoms. The number of fused-ring (bicyclic) bond motifs is 11. The van der Waals surface area contributed by atoms with Gasteiger partial charge in [0.15, 0.2) is 0 Å². The second-order valence-corrected chi connectivity index (χ2v) is 17.1. The summed E-state index contributed by atoms with van der Waals surface area (Å²) in [5, 5.41) is 8.40. The van der Waals surface area contributed by atoms with Gasteiger partial charge in [-0.3, -0.25) is 0 Å². The van der Waals surface area contributed by atoms with Gasteiger partial charge in [-0.1, -0.05) is 97.1 Å². The van der Waals surface area contributed by atoms with Crippen LogP contribution in [0.3, 0.4) is 0 Å². The van der Waals surface area contributed by atoms with E-state index in [1.165, 1.54) is 40.3 Å². The molecule has 8 aromatic carbocycles. The van der Waals surface area contributed by atoms with Crippen molar-refractivity contribution in [3.05, 3.63) is 170 Å². The van der Waals surface area contributed by atoms with Crippen molar-refractivity contribution in [1.82, 2.24) is 4.98 Å². The zero-order chi connectivity index (χ0) is 36.0. The maximum Gasteiger partial charge on any atom is 0.137 e. The van der Waals surface area contributed by atoms with Gasteiger partial charge in [0.2, 0.25) is 0 Å². The fourth-order valence-corrected chi connectivity index (χ4v) is 11.4. The molecule has 3 nitrogen and oxygen atoms in total. The Morgan fingerprint density at radius 3 is 1.65 bits per heavy atom. The quantitative estimate of drug-likeness (QED) is 0.175. The smallest absolute Gasteiger partial charge is 0.137 e. The van der Waals surface area contributed by atoms with Crippen molar-refractivity contribution in [2.24, 2.45) is 0 Å². The van der Waals surface area contributed by atoms with Crippen molar-refractivity contribution >= 4 is 124 Å². The van der Waals surface area contributed by atoms with Crippen molar-refractivity contribution in [2.75, 3.05) is 4.90 Å². The molecule has 55 heavy (non-hydrogen) atoms. The zero-order valence-corrected chi connectivity index (χ0v) is 31.6. The molecule has 0 aliphatic heterocycles. The van der Waals surface area contributed by atoms with Crippen LogP contribution < -0.4 is 4.90 Å². The molecule has 0 radical (unpaired) electrons. The van der Waals surface area contributed by atoms with Gasteiger partial charge in [0.25, 0.3) is 0 Å².